The SMILES string of the molecule is Cc1nc(-c2cccc(-c3nc(C)c(-c4ccccc4)[nH]3)n2)[nH]c1-c1ccccc1. The van der Waals surface area contributed by atoms with Gasteiger partial charge in [-0.1, -0.05) is 66.7 Å². The van der Waals surface area contributed by atoms with E-state index in [2.05, 4.69) is 34.2 Å². The summed E-state index contributed by atoms with van der Waals surface area (Å²) in [5, 5.41) is 0. The molecule has 0 saturated heterocycles. The predicted octanol–water partition coefficient (Wildman–Crippen LogP) is 5.81. The van der Waals surface area contributed by atoms with Gasteiger partial charge in [0.25, 0.3) is 0 Å². The Morgan fingerprint density at radius 2 is 0.933 bits per heavy atom. The van der Waals surface area contributed by atoms with E-state index in [1.807, 2.05) is 68.4 Å². The first-order chi connectivity index (χ1) is 14.7. The highest BCUT2D eigenvalue weighted by atomic mass is 15.0. The maximum Gasteiger partial charge on any atom is 0.156 e. The van der Waals surface area contributed by atoms with Crippen LogP contribution >= 0.6 is 0 Å². The number of hydrogen-bond acceptors (Lipinski definition) is 3. The molecule has 2 aromatic carbocycles. The van der Waals surface area contributed by atoms with Crippen molar-refractivity contribution in [3.8, 4) is 45.6 Å². The minimum absolute atomic E-state index is 0.750. The summed E-state index contributed by atoms with van der Waals surface area (Å²) in [5.74, 6) is 1.50. The van der Waals surface area contributed by atoms with Gasteiger partial charge in [-0.15, -0.1) is 0 Å². The van der Waals surface area contributed by atoms with Gasteiger partial charge in [-0.2, -0.15) is 0 Å². The molecule has 2 N–H and O–H groups in total. The molecule has 3 aromatic heterocycles. The number of aromatic nitrogens is 5. The van der Waals surface area contributed by atoms with Crippen LogP contribution in [0.4, 0.5) is 0 Å². The first-order valence-corrected chi connectivity index (χ1v) is 9.91. The lowest BCUT2D eigenvalue weighted by Gasteiger charge is -2.01. The fraction of sp³-hybridized carbons (Fsp3) is 0.0800. The number of pyridine rings is 1. The third-order valence-corrected chi connectivity index (χ3v) is 5.13. The predicted molar refractivity (Wildman–Crippen MR) is 120 cm³/mol. The Balaban J connectivity index is 1.52. The molecule has 5 rings (SSSR count). The van der Waals surface area contributed by atoms with Crippen LogP contribution in [0.15, 0.2) is 78.9 Å². The summed E-state index contributed by atoms with van der Waals surface area (Å²) >= 11 is 0. The smallest absolute Gasteiger partial charge is 0.156 e. The topological polar surface area (TPSA) is 70.2 Å². The van der Waals surface area contributed by atoms with E-state index in [-0.39, 0.29) is 0 Å². The highest BCUT2D eigenvalue weighted by Gasteiger charge is 2.14. The largest absolute Gasteiger partial charge is 0.336 e. The van der Waals surface area contributed by atoms with Gasteiger partial charge in [0.15, 0.2) is 11.6 Å². The normalized spacial score (nSPS) is 11.0. The molecule has 5 heteroatoms. The van der Waals surface area contributed by atoms with Crippen LogP contribution in [0.5, 0.6) is 0 Å². The third-order valence-electron chi connectivity index (χ3n) is 5.13. The average Bonchev–Trinajstić information content (AvgIpc) is 3.38. The zero-order valence-electron chi connectivity index (χ0n) is 16.8. The van der Waals surface area contributed by atoms with E-state index >= 15 is 0 Å². The van der Waals surface area contributed by atoms with E-state index in [1.165, 1.54) is 0 Å². The summed E-state index contributed by atoms with van der Waals surface area (Å²) in [5.41, 5.74) is 7.71. The quantitative estimate of drug-likeness (QED) is 0.406. The fourth-order valence-electron chi connectivity index (χ4n) is 3.63. The molecular weight excluding hydrogens is 370 g/mol. The van der Waals surface area contributed by atoms with Crippen LogP contribution in [0.25, 0.3) is 45.6 Å². The van der Waals surface area contributed by atoms with Crippen molar-refractivity contribution in [3.05, 3.63) is 90.3 Å². The van der Waals surface area contributed by atoms with Gasteiger partial charge in [0.1, 0.15) is 11.4 Å². The van der Waals surface area contributed by atoms with Gasteiger partial charge in [-0.05, 0) is 37.1 Å². The molecule has 0 amide bonds. The summed E-state index contributed by atoms with van der Waals surface area (Å²) in [6.45, 7) is 4.02. The lowest BCUT2D eigenvalue weighted by Crippen LogP contribution is -1.91. The lowest BCUT2D eigenvalue weighted by atomic mass is 10.1. The van der Waals surface area contributed by atoms with Crippen LogP contribution < -0.4 is 0 Å². The van der Waals surface area contributed by atoms with Gasteiger partial charge in [0, 0.05) is 0 Å². The van der Waals surface area contributed by atoms with Crippen LogP contribution in [0.2, 0.25) is 0 Å². The second kappa shape index (κ2) is 7.44. The molecular formula is C25H21N5. The van der Waals surface area contributed by atoms with Gasteiger partial charge in [0.05, 0.1) is 22.8 Å². The monoisotopic (exact) mass is 391 g/mol. The minimum Gasteiger partial charge on any atom is -0.336 e. The summed E-state index contributed by atoms with van der Waals surface area (Å²) in [7, 11) is 0. The number of imidazole rings is 2. The maximum atomic E-state index is 4.82. The second-order valence-corrected chi connectivity index (χ2v) is 7.23. The first kappa shape index (κ1) is 18.1. The number of aromatic amines is 2. The molecule has 0 atom stereocenters. The highest BCUT2D eigenvalue weighted by Crippen LogP contribution is 2.28. The number of aryl methyl sites for hydroxylation is 2. The molecule has 0 aliphatic heterocycles. The summed E-state index contributed by atoms with van der Waals surface area (Å²) in [6.07, 6.45) is 0. The Morgan fingerprint density at radius 1 is 0.500 bits per heavy atom. The molecule has 0 aliphatic carbocycles. The van der Waals surface area contributed by atoms with Crippen molar-refractivity contribution in [3.63, 3.8) is 0 Å². The van der Waals surface area contributed by atoms with E-state index in [9.17, 15) is 0 Å². The van der Waals surface area contributed by atoms with Crippen LogP contribution in [0.1, 0.15) is 11.4 Å². The third kappa shape index (κ3) is 3.31. The Morgan fingerprint density at radius 3 is 1.37 bits per heavy atom. The van der Waals surface area contributed by atoms with Gasteiger partial charge in [-0.25, -0.2) is 15.0 Å². The molecule has 0 aliphatic rings. The molecule has 5 nitrogen and oxygen atoms in total. The standard InChI is InChI=1S/C25H21N5/c1-16-22(18-10-5-3-6-11-18)29-24(26-16)20-14-9-15-21(28-20)25-27-17(2)23(30-25)19-12-7-4-8-13-19/h3-15H,1-2H3,(H,26,29)(H,27,30). The lowest BCUT2D eigenvalue weighted by molar-refractivity contribution is 1.17. The summed E-state index contributed by atoms with van der Waals surface area (Å²) in [4.78, 5) is 21.1. The zero-order valence-corrected chi connectivity index (χ0v) is 16.8. The van der Waals surface area contributed by atoms with Crippen LogP contribution in [-0.4, -0.2) is 24.9 Å². The van der Waals surface area contributed by atoms with Gasteiger partial charge in [0.2, 0.25) is 0 Å². The zero-order chi connectivity index (χ0) is 20.5. The average molecular weight is 391 g/mol. The van der Waals surface area contributed by atoms with Crippen molar-refractivity contribution in [2.75, 3.05) is 0 Å². The van der Waals surface area contributed by atoms with Gasteiger partial charge < -0.3 is 9.97 Å². The van der Waals surface area contributed by atoms with E-state index in [1.54, 1.807) is 0 Å². The molecule has 0 saturated carbocycles. The van der Waals surface area contributed by atoms with Crippen molar-refractivity contribution in [2.24, 2.45) is 0 Å². The molecule has 0 unspecified atom stereocenters. The second-order valence-electron chi connectivity index (χ2n) is 7.23. The Hall–Kier alpha value is -3.99. The van der Waals surface area contributed by atoms with E-state index in [4.69, 9.17) is 15.0 Å². The number of hydrogen-bond donors (Lipinski definition) is 2. The molecule has 0 spiro atoms. The molecule has 146 valence electrons. The Labute approximate surface area is 174 Å². The number of nitrogens with zero attached hydrogens (tertiary/aromatic N) is 3. The minimum atomic E-state index is 0.750. The summed E-state index contributed by atoms with van der Waals surface area (Å²) in [6, 6.07) is 26.3. The molecule has 30 heavy (non-hydrogen) atoms. The maximum absolute atomic E-state index is 4.82. The molecule has 3 heterocycles. The molecule has 0 radical (unpaired) electrons. The van der Waals surface area contributed by atoms with Crippen molar-refractivity contribution >= 4 is 0 Å². The Bertz CT molecular complexity index is 1200. The highest BCUT2D eigenvalue weighted by molar-refractivity contribution is 5.69. The molecule has 5 aromatic rings. The van der Waals surface area contributed by atoms with Gasteiger partial charge >= 0.3 is 0 Å². The van der Waals surface area contributed by atoms with Crippen molar-refractivity contribution in [1.29, 1.82) is 0 Å². The molecule has 0 bridgehead atoms. The number of benzene rings is 2. The Kier molecular flexibility index (Phi) is 4.48. The number of rotatable bonds is 4. The number of nitrogens with one attached hydrogen (secondary N) is 2. The van der Waals surface area contributed by atoms with E-state index in [0.717, 1.165) is 56.9 Å². The van der Waals surface area contributed by atoms with Crippen LogP contribution in [-0.2, 0) is 0 Å². The molecule has 0 fully saturated rings. The van der Waals surface area contributed by atoms with Crippen LogP contribution in [0.3, 0.4) is 0 Å². The van der Waals surface area contributed by atoms with Crippen molar-refractivity contribution in [1.82, 2.24) is 24.9 Å². The van der Waals surface area contributed by atoms with E-state index in [0.29, 0.717) is 0 Å². The first-order valence-electron chi connectivity index (χ1n) is 9.91. The van der Waals surface area contributed by atoms with Crippen molar-refractivity contribution in [2.45, 2.75) is 13.8 Å². The van der Waals surface area contributed by atoms with Gasteiger partial charge in [-0.3, -0.25) is 0 Å². The fourth-order valence-corrected chi connectivity index (χ4v) is 3.63. The summed E-state index contributed by atoms with van der Waals surface area (Å²) < 4.78 is 0. The van der Waals surface area contributed by atoms with Crippen molar-refractivity contribution < 1.29 is 0 Å². The van der Waals surface area contributed by atoms with E-state index < -0.39 is 0 Å². The van der Waals surface area contributed by atoms with Crippen LogP contribution in [0, 0.1) is 13.8 Å². The number of H-pyrrole nitrogens is 2.